The van der Waals surface area contributed by atoms with Crippen LogP contribution >= 0.6 is 0 Å². The first-order valence-electron chi connectivity index (χ1n) is 7.43. The van der Waals surface area contributed by atoms with Gasteiger partial charge in [0.05, 0.1) is 19.1 Å². The summed E-state index contributed by atoms with van der Waals surface area (Å²) in [6.07, 6.45) is -0.199. The number of nitrogens with zero attached hydrogens (tertiary/aromatic N) is 1. The van der Waals surface area contributed by atoms with Crippen LogP contribution in [0, 0.1) is 11.3 Å². The summed E-state index contributed by atoms with van der Waals surface area (Å²) in [6.45, 7) is 2.01. The number of carbonyl (C=O) groups is 2. The highest BCUT2D eigenvalue weighted by Crippen LogP contribution is 2.14. The van der Waals surface area contributed by atoms with Crippen LogP contribution in [0.5, 0.6) is 0 Å². The molecule has 6 nitrogen and oxygen atoms in total. The van der Waals surface area contributed by atoms with Crippen LogP contribution in [0.1, 0.15) is 22.8 Å². The molecule has 0 aliphatic heterocycles. The summed E-state index contributed by atoms with van der Waals surface area (Å²) in [5, 5.41) is 14.0. The maximum Gasteiger partial charge on any atom is 0.411 e. The molecule has 0 spiro atoms. The minimum Gasteiger partial charge on any atom is -0.450 e. The second-order valence-electron chi connectivity index (χ2n) is 4.91. The van der Waals surface area contributed by atoms with Gasteiger partial charge in [0.15, 0.2) is 0 Å². The lowest BCUT2D eigenvalue weighted by molar-refractivity contribution is 0.102. The van der Waals surface area contributed by atoms with Crippen LogP contribution in [0.25, 0.3) is 0 Å². The minimum absolute atomic E-state index is 0.259. The quantitative estimate of drug-likeness (QED) is 0.880. The predicted molar refractivity (Wildman–Crippen MR) is 90.8 cm³/mol. The molecule has 0 aromatic heterocycles. The lowest BCUT2D eigenvalue weighted by Gasteiger charge is -2.08. The number of carbonyl (C=O) groups excluding carboxylic acids is 2. The molecule has 2 rings (SSSR count). The SMILES string of the molecule is CCOC(=O)Nc1ccc(C(=O)Nc2ccc(CC#N)cc2)cc1. The van der Waals surface area contributed by atoms with Crippen molar-refractivity contribution in [3.05, 3.63) is 59.7 Å². The average molecular weight is 323 g/mol. The first-order chi connectivity index (χ1) is 11.6. The van der Waals surface area contributed by atoms with Gasteiger partial charge in [-0.25, -0.2) is 4.79 Å². The number of ether oxygens (including phenoxy) is 1. The summed E-state index contributed by atoms with van der Waals surface area (Å²) in [5.74, 6) is -0.259. The Labute approximate surface area is 140 Å². The number of nitriles is 1. The van der Waals surface area contributed by atoms with Crippen molar-refractivity contribution in [2.75, 3.05) is 17.2 Å². The highest BCUT2D eigenvalue weighted by atomic mass is 16.5. The fourth-order valence-corrected chi connectivity index (χ4v) is 1.99. The van der Waals surface area contributed by atoms with Crippen molar-refractivity contribution in [1.82, 2.24) is 0 Å². The van der Waals surface area contributed by atoms with Crippen molar-refractivity contribution in [2.45, 2.75) is 13.3 Å². The molecule has 0 heterocycles. The van der Waals surface area contributed by atoms with Crippen LogP contribution in [0.3, 0.4) is 0 Å². The van der Waals surface area contributed by atoms with Gasteiger partial charge < -0.3 is 10.1 Å². The number of hydrogen-bond acceptors (Lipinski definition) is 4. The van der Waals surface area contributed by atoms with Crippen molar-refractivity contribution in [2.24, 2.45) is 0 Å². The molecule has 2 amide bonds. The van der Waals surface area contributed by atoms with Crippen molar-refractivity contribution < 1.29 is 14.3 Å². The monoisotopic (exact) mass is 323 g/mol. The summed E-state index contributed by atoms with van der Waals surface area (Å²) in [7, 11) is 0. The van der Waals surface area contributed by atoms with E-state index in [1.807, 2.05) is 0 Å². The first kappa shape index (κ1) is 17.0. The van der Waals surface area contributed by atoms with E-state index in [-0.39, 0.29) is 5.91 Å². The summed E-state index contributed by atoms with van der Waals surface area (Å²) in [5.41, 5.74) is 2.55. The predicted octanol–water partition coefficient (Wildman–Crippen LogP) is 3.57. The molecule has 0 saturated carbocycles. The Balaban J connectivity index is 1.97. The highest BCUT2D eigenvalue weighted by molar-refractivity contribution is 6.04. The fourth-order valence-electron chi connectivity index (χ4n) is 1.99. The number of amides is 2. The van der Waals surface area contributed by atoms with Gasteiger partial charge in [0.1, 0.15) is 0 Å². The van der Waals surface area contributed by atoms with Gasteiger partial charge in [0.25, 0.3) is 5.91 Å². The van der Waals surface area contributed by atoms with Gasteiger partial charge in [0, 0.05) is 16.9 Å². The normalized spacial score (nSPS) is 9.67. The topological polar surface area (TPSA) is 91.2 Å². The minimum atomic E-state index is -0.535. The molecule has 0 fully saturated rings. The van der Waals surface area contributed by atoms with E-state index in [1.54, 1.807) is 55.5 Å². The van der Waals surface area contributed by atoms with Gasteiger partial charge >= 0.3 is 6.09 Å². The van der Waals surface area contributed by atoms with Gasteiger partial charge in [-0.2, -0.15) is 5.26 Å². The molecule has 24 heavy (non-hydrogen) atoms. The zero-order valence-corrected chi connectivity index (χ0v) is 13.2. The number of nitrogens with one attached hydrogen (secondary N) is 2. The van der Waals surface area contributed by atoms with E-state index in [0.717, 1.165) is 5.56 Å². The molecule has 2 aromatic carbocycles. The molecule has 0 unspecified atom stereocenters. The number of rotatable bonds is 5. The van der Waals surface area contributed by atoms with Gasteiger partial charge in [-0.15, -0.1) is 0 Å². The van der Waals surface area contributed by atoms with E-state index >= 15 is 0 Å². The van der Waals surface area contributed by atoms with E-state index in [2.05, 4.69) is 16.7 Å². The molecule has 0 aliphatic carbocycles. The summed E-state index contributed by atoms with van der Waals surface area (Å²) in [4.78, 5) is 23.5. The summed E-state index contributed by atoms with van der Waals surface area (Å²) in [6, 6.07) is 15.6. The molecule has 0 bridgehead atoms. The Bertz CT molecular complexity index is 747. The maximum absolute atomic E-state index is 12.2. The van der Waals surface area contributed by atoms with E-state index in [4.69, 9.17) is 10.00 Å². The first-order valence-corrected chi connectivity index (χ1v) is 7.43. The molecule has 0 radical (unpaired) electrons. The highest BCUT2D eigenvalue weighted by Gasteiger charge is 2.07. The number of benzene rings is 2. The smallest absolute Gasteiger partial charge is 0.411 e. The zero-order chi connectivity index (χ0) is 17.4. The third-order valence-electron chi connectivity index (χ3n) is 3.16. The van der Waals surface area contributed by atoms with Gasteiger partial charge in [-0.3, -0.25) is 10.1 Å². The molecule has 0 saturated heterocycles. The lowest BCUT2D eigenvalue weighted by atomic mass is 10.1. The van der Waals surface area contributed by atoms with Crippen molar-refractivity contribution in [3.8, 4) is 6.07 Å². The Morgan fingerprint density at radius 1 is 1.00 bits per heavy atom. The van der Waals surface area contributed by atoms with Crippen LogP contribution in [-0.4, -0.2) is 18.6 Å². The van der Waals surface area contributed by atoms with E-state index in [1.165, 1.54) is 0 Å². The second-order valence-corrected chi connectivity index (χ2v) is 4.91. The van der Waals surface area contributed by atoms with Crippen LogP contribution in [0.15, 0.2) is 48.5 Å². The van der Waals surface area contributed by atoms with Gasteiger partial charge in [-0.1, -0.05) is 12.1 Å². The second kappa shape index (κ2) is 8.34. The number of hydrogen-bond donors (Lipinski definition) is 2. The lowest BCUT2D eigenvalue weighted by Crippen LogP contribution is -2.14. The van der Waals surface area contributed by atoms with E-state index < -0.39 is 6.09 Å². The molecular weight excluding hydrogens is 306 g/mol. The van der Waals surface area contributed by atoms with Crippen LogP contribution in [0.4, 0.5) is 16.2 Å². The Hall–Kier alpha value is -3.33. The third-order valence-corrected chi connectivity index (χ3v) is 3.16. The molecular formula is C18H17N3O3. The van der Waals surface area contributed by atoms with Gasteiger partial charge in [-0.05, 0) is 48.9 Å². The fraction of sp³-hybridized carbons (Fsp3) is 0.167. The zero-order valence-electron chi connectivity index (χ0n) is 13.2. The molecule has 6 heteroatoms. The number of anilines is 2. The molecule has 2 aromatic rings. The van der Waals surface area contributed by atoms with Crippen LogP contribution in [-0.2, 0) is 11.2 Å². The molecule has 0 atom stereocenters. The standard InChI is InChI=1S/C18H17N3O3/c1-2-24-18(23)21-16-9-5-14(6-10-16)17(22)20-15-7-3-13(4-8-15)11-12-19/h3-10H,2,11H2,1H3,(H,20,22)(H,21,23). The van der Waals surface area contributed by atoms with E-state index in [0.29, 0.717) is 30.0 Å². The summed E-state index contributed by atoms with van der Waals surface area (Å²) >= 11 is 0. The average Bonchev–Trinajstić information content (AvgIpc) is 2.57. The Kier molecular flexibility index (Phi) is 5.92. The van der Waals surface area contributed by atoms with Crippen LogP contribution in [0.2, 0.25) is 0 Å². The van der Waals surface area contributed by atoms with Crippen molar-refractivity contribution in [1.29, 1.82) is 5.26 Å². The van der Waals surface area contributed by atoms with Crippen molar-refractivity contribution >= 4 is 23.4 Å². The molecule has 122 valence electrons. The summed E-state index contributed by atoms with van der Waals surface area (Å²) < 4.78 is 4.78. The van der Waals surface area contributed by atoms with Crippen molar-refractivity contribution in [3.63, 3.8) is 0 Å². The largest absolute Gasteiger partial charge is 0.450 e. The Morgan fingerprint density at radius 2 is 1.58 bits per heavy atom. The Morgan fingerprint density at radius 3 is 2.17 bits per heavy atom. The maximum atomic E-state index is 12.2. The van der Waals surface area contributed by atoms with Crippen LogP contribution < -0.4 is 10.6 Å². The van der Waals surface area contributed by atoms with Gasteiger partial charge in [0.2, 0.25) is 0 Å². The molecule has 2 N–H and O–H groups in total. The molecule has 0 aliphatic rings. The third kappa shape index (κ3) is 4.85. The van der Waals surface area contributed by atoms with E-state index in [9.17, 15) is 9.59 Å².